The molecule has 0 saturated carbocycles. The van der Waals surface area contributed by atoms with Gasteiger partial charge in [-0.1, -0.05) is 39.3 Å². The fraction of sp³-hybridized carbons (Fsp3) is 0.118. The third-order valence-electron chi connectivity index (χ3n) is 3.59. The van der Waals surface area contributed by atoms with Gasteiger partial charge in [0.1, 0.15) is 5.84 Å². The fourth-order valence-electron chi connectivity index (χ4n) is 2.45. The molecular weight excluding hydrogens is 356 g/mol. The molecule has 0 amide bonds. The van der Waals surface area contributed by atoms with Crippen LogP contribution in [0.1, 0.15) is 5.56 Å². The van der Waals surface area contributed by atoms with E-state index in [0.29, 0.717) is 11.7 Å². The van der Waals surface area contributed by atoms with Crippen molar-refractivity contribution < 1.29 is 4.52 Å². The number of rotatable bonds is 3. The van der Waals surface area contributed by atoms with Gasteiger partial charge in [-0.05, 0) is 30.3 Å². The topological polar surface area (TPSA) is 63.3 Å². The van der Waals surface area contributed by atoms with Crippen molar-refractivity contribution in [2.24, 2.45) is 4.99 Å². The minimum atomic E-state index is 0.509. The van der Waals surface area contributed by atoms with Crippen molar-refractivity contribution in [3.8, 4) is 22.8 Å². The Kier molecular flexibility index (Phi) is 3.67. The molecular formula is C17H13BrN4O. The Hall–Kier alpha value is -2.47. The molecule has 0 saturated heterocycles. The summed E-state index contributed by atoms with van der Waals surface area (Å²) < 4.78 is 6.40. The number of benzene rings is 2. The maximum atomic E-state index is 5.39. The summed E-state index contributed by atoms with van der Waals surface area (Å²) in [5.74, 6) is 2.00. The van der Waals surface area contributed by atoms with Gasteiger partial charge >= 0.3 is 0 Å². The van der Waals surface area contributed by atoms with Gasteiger partial charge < -0.3 is 9.84 Å². The number of nitrogens with zero attached hydrogens (tertiary/aromatic N) is 3. The molecule has 0 spiro atoms. The molecule has 0 unspecified atom stereocenters. The van der Waals surface area contributed by atoms with Gasteiger partial charge in [0.05, 0.1) is 6.54 Å². The Labute approximate surface area is 141 Å². The molecule has 2 heterocycles. The highest BCUT2D eigenvalue weighted by atomic mass is 79.9. The SMILES string of the molecule is Brc1ccc(-c2nc(-c3cccc(C4=NCCN4)c3)no2)cc1. The van der Waals surface area contributed by atoms with Crippen LogP contribution in [-0.4, -0.2) is 29.1 Å². The van der Waals surface area contributed by atoms with Gasteiger partial charge in [-0.2, -0.15) is 4.98 Å². The van der Waals surface area contributed by atoms with E-state index in [9.17, 15) is 0 Å². The molecule has 1 aromatic heterocycles. The largest absolute Gasteiger partial charge is 0.368 e. The van der Waals surface area contributed by atoms with Crippen LogP contribution in [-0.2, 0) is 0 Å². The molecule has 1 aliphatic heterocycles. The fourth-order valence-corrected chi connectivity index (χ4v) is 2.71. The first kappa shape index (κ1) is 14.1. The summed E-state index contributed by atoms with van der Waals surface area (Å²) in [4.78, 5) is 8.93. The van der Waals surface area contributed by atoms with E-state index in [0.717, 1.165) is 40.1 Å². The number of aromatic nitrogens is 2. The zero-order chi connectivity index (χ0) is 15.6. The highest BCUT2D eigenvalue weighted by molar-refractivity contribution is 9.10. The lowest BCUT2D eigenvalue weighted by Gasteiger charge is -2.03. The molecule has 5 nitrogen and oxygen atoms in total. The first-order valence-corrected chi connectivity index (χ1v) is 8.08. The van der Waals surface area contributed by atoms with Crippen LogP contribution < -0.4 is 5.32 Å². The first-order chi connectivity index (χ1) is 11.3. The van der Waals surface area contributed by atoms with E-state index >= 15 is 0 Å². The summed E-state index contributed by atoms with van der Waals surface area (Å²) in [6, 6.07) is 15.8. The zero-order valence-electron chi connectivity index (χ0n) is 12.2. The van der Waals surface area contributed by atoms with Crippen molar-refractivity contribution in [2.45, 2.75) is 0 Å². The van der Waals surface area contributed by atoms with E-state index in [2.05, 4.69) is 36.4 Å². The highest BCUT2D eigenvalue weighted by Crippen LogP contribution is 2.24. The van der Waals surface area contributed by atoms with Crippen molar-refractivity contribution in [3.63, 3.8) is 0 Å². The van der Waals surface area contributed by atoms with Crippen molar-refractivity contribution in [3.05, 3.63) is 58.6 Å². The quantitative estimate of drug-likeness (QED) is 0.768. The number of amidine groups is 1. The minimum Gasteiger partial charge on any atom is -0.368 e. The number of nitrogens with one attached hydrogen (secondary N) is 1. The molecule has 1 aliphatic rings. The molecule has 6 heteroatoms. The minimum absolute atomic E-state index is 0.509. The van der Waals surface area contributed by atoms with Crippen molar-refractivity contribution in [1.29, 1.82) is 0 Å². The first-order valence-electron chi connectivity index (χ1n) is 7.28. The van der Waals surface area contributed by atoms with Crippen LogP contribution in [0.4, 0.5) is 0 Å². The van der Waals surface area contributed by atoms with Gasteiger partial charge in [0, 0.05) is 27.7 Å². The van der Waals surface area contributed by atoms with Gasteiger partial charge in [0.2, 0.25) is 5.82 Å². The van der Waals surface area contributed by atoms with Gasteiger partial charge in [-0.3, -0.25) is 4.99 Å². The maximum Gasteiger partial charge on any atom is 0.258 e. The molecule has 3 aromatic rings. The molecule has 0 radical (unpaired) electrons. The Balaban J connectivity index is 1.66. The van der Waals surface area contributed by atoms with Crippen LogP contribution in [0, 0.1) is 0 Å². The van der Waals surface area contributed by atoms with E-state index in [4.69, 9.17) is 4.52 Å². The second kappa shape index (κ2) is 5.96. The van der Waals surface area contributed by atoms with E-state index < -0.39 is 0 Å². The molecule has 114 valence electrons. The van der Waals surface area contributed by atoms with Crippen molar-refractivity contribution in [2.75, 3.05) is 13.1 Å². The smallest absolute Gasteiger partial charge is 0.258 e. The summed E-state index contributed by atoms with van der Waals surface area (Å²) in [5.41, 5.74) is 2.84. The van der Waals surface area contributed by atoms with E-state index in [1.807, 2.05) is 48.5 Å². The Morgan fingerprint density at radius 3 is 2.61 bits per heavy atom. The Bertz CT molecular complexity index is 870. The summed E-state index contributed by atoms with van der Waals surface area (Å²) in [6.07, 6.45) is 0. The lowest BCUT2D eigenvalue weighted by molar-refractivity contribution is 0.432. The summed E-state index contributed by atoms with van der Waals surface area (Å²) in [7, 11) is 0. The molecule has 0 aliphatic carbocycles. The number of halogens is 1. The van der Waals surface area contributed by atoms with Crippen LogP contribution in [0.15, 0.2) is 62.5 Å². The monoisotopic (exact) mass is 368 g/mol. The lowest BCUT2D eigenvalue weighted by Crippen LogP contribution is -2.19. The normalized spacial score (nSPS) is 13.7. The Morgan fingerprint density at radius 1 is 1.00 bits per heavy atom. The molecule has 0 fully saturated rings. The van der Waals surface area contributed by atoms with Crippen LogP contribution in [0.2, 0.25) is 0 Å². The zero-order valence-corrected chi connectivity index (χ0v) is 13.7. The van der Waals surface area contributed by atoms with Gasteiger partial charge in [-0.15, -0.1) is 0 Å². The third-order valence-corrected chi connectivity index (χ3v) is 4.11. The molecule has 4 rings (SSSR count). The standard InChI is InChI=1S/C17H13BrN4O/c18-14-6-4-11(5-7-14)17-21-16(22-23-17)13-3-1-2-12(10-13)15-19-8-9-20-15/h1-7,10H,8-9H2,(H,19,20). The Morgan fingerprint density at radius 2 is 1.83 bits per heavy atom. The average molecular weight is 369 g/mol. The summed E-state index contributed by atoms with van der Waals surface area (Å²) >= 11 is 3.42. The highest BCUT2D eigenvalue weighted by Gasteiger charge is 2.13. The van der Waals surface area contributed by atoms with Crippen LogP contribution >= 0.6 is 15.9 Å². The van der Waals surface area contributed by atoms with Gasteiger partial charge in [-0.25, -0.2) is 0 Å². The molecule has 0 atom stereocenters. The molecule has 1 N–H and O–H groups in total. The predicted molar refractivity (Wildman–Crippen MR) is 92.3 cm³/mol. The van der Waals surface area contributed by atoms with E-state index in [-0.39, 0.29) is 0 Å². The molecule has 23 heavy (non-hydrogen) atoms. The molecule has 2 aromatic carbocycles. The van der Waals surface area contributed by atoms with Crippen LogP contribution in [0.25, 0.3) is 22.8 Å². The van der Waals surface area contributed by atoms with E-state index in [1.165, 1.54) is 0 Å². The van der Waals surface area contributed by atoms with Crippen LogP contribution in [0.5, 0.6) is 0 Å². The summed E-state index contributed by atoms with van der Waals surface area (Å²) in [6.45, 7) is 1.70. The number of aliphatic imine (C=N–C) groups is 1. The van der Waals surface area contributed by atoms with Crippen LogP contribution in [0.3, 0.4) is 0 Å². The third kappa shape index (κ3) is 2.90. The van der Waals surface area contributed by atoms with E-state index in [1.54, 1.807) is 0 Å². The number of hydrogen-bond acceptors (Lipinski definition) is 5. The second-order valence-corrected chi connectivity index (χ2v) is 6.08. The predicted octanol–water partition coefficient (Wildman–Crippen LogP) is 3.52. The lowest BCUT2D eigenvalue weighted by atomic mass is 10.1. The summed E-state index contributed by atoms with van der Waals surface area (Å²) in [5, 5.41) is 7.36. The van der Waals surface area contributed by atoms with Gasteiger partial charge in [0.25, 0.3) is 5.89 Å². The van der Waals surface area contributed by atoms with Gasteiger partial charge in [0.15, 0.2) is 0 Å². The van der Waals surface area contributed by atoms with Crippen molar-refractivity contribution >= 4 is 21.8 Å². The number of hydrogen-bond donors (Lipinski definition) is 1. The molecule has 0 bridgehead atoms. The average Bonchev–Trinajstić information content (AvgIpc) is 3.28. The van der Waals surface area contributed by atoms with Crippen molar-refractivity contribution in [1.82, 2.24) is 15.5 Å². The second-order valence-electron chi connectivity index (χ2n) is 5.17. The maximum absolute atomic E-state index is 5.39.